The Morgan fingerprint density at radius 3 is 2.69 bits per heavy atom. The molecule has 140 valence electrons. The zero-order valence-corrected chi connectivity index (χ0v) is 16.8. The molecule has 0 spiro atoms. The van der Waals surface area contributed by atoms with Gasteiger partial charge >= 0.3 is 0 Å². The molecular formula is C18H21ClN2O3S2. The molecule has 1 aliphatic rings. The van der Waals surface area contributed by atoms with Crippen LogP contribution in [0.15, 0.2) is 40.6 Å². The Kier molecular flexibility index (Phi) is 6.02. The quantitative estimate of drug-likeness (QED) is 0.818. The van der Waals surface area contributed by atoms with Gasteiger partial charge in [0.2, 0.25) is 15.9 Å². The molecular weight excluding hydrogens is 392 g/mol. The molecule has 1 N–H and O–H groups in total. The van der Waals surface area contributed by atoms with Crippen molar-refractivity contribution >= 4 is 38.9 Å². The SMILES string of the molecule is Cc1ccc(Cl)cc1S(=O)(=O)N1CCC(C(=O)NCc2cccs2)CC1. The van der Waals surface area contributed by atoms with E-state index in [2.05, 4.69) is 5.32 Å². The molecule has 1 fully saturated rings. The van der Waals surface area contributed by atoms with Gasteiger partial charge in [-0.15, -0.1) is 11.3 Å². The molecule has 2 heterocycles. The van der Waals surface area contributed by atoms with Crippen LogP contribution in [0.5, 0.6) is 0 Å². The lowest BCUT2D eigenvalue weighted by molar-refractivity contribution is -0.126. The third-order valence-electron chi connectivity index (χ3n) is 4.61. The number of nitrogens with zero attached hydrogens (tertiary/aromatic N) is 1. The summed E-state index contributed by atoms with van der Waals surface area (Å²) >= 11 is 7.57. The highest BCUT2D eigenvalue weighted by atomic mass is 35.5. The average molecular weight is 413 g/mol. The summed E-state index contributed by atoms with van der Waals surface area (Å²) in [5, 5.41) is 5.32. The van der Waals surface area contributed by atoms with E-state index in [9.17, 15) is 13.2 Å². The molecule has 0 radical (unpaired) electrons. The highest BCUT2D eigenvalue weighted by molar-refractivity contribution is 7.89. The number of sulfonamides is 1. The van der Waals surface area contributed by atoms with Gasteiger partial charge in [-0.05, 0) is 48.9 Å². The number of rotatable bonds is 5. The zero-order valence-electron chi connectivity index (χ0n) is 14.4. The van der Waals surface area contributed by atoms with E-state index in [-0.39, 0.29) is 16.7 Å². The van der Waals surface area contributed by atoms with Crippen LogP contribution in [0, 0.1) is 12.8 Å². The van der Waals surface area contributed by atoms with Crippen LogP contribution in [0.4, 0.5) is 0 Å². The maximum atomic E-state index is 12.9. The van der Waals surface area contributed by atoms with E-state index >= 15 is 0 Å². The molecule has 3 rings (SSSR count). The van der Waals surface area contributed by atoms with Crippen LogP contribution in [0.3, 0.4) is 0 Å². The topological polar surface area (TPSA) is 66.5 Å². The van der Waals surface area contributed by atoms with Crippen molar-refractivity contribution in [3.8, 4) is 0 Å². The molecule has 0 saturated carbocycles. The number of thiophene rings is 1. The fourth-order valence-electron chi connectivity index (χ4n) is 3.08. The second kappa shape index (κ2) is 8.08. The first-order chi connectivity index (χ1) is 12.4. The third kappa shape index (κ3) is 4.28. The molecule has 1 aromatic heterocycles. The van der Waals surface area contributed by atoms with Gasteiger partial charge in [-0.25, -0.2) is 8.42 Å². The molecule has 26 heavy (non-hydrogen) atoms. The fraction of sp³-hybridized carbons (Fsp3) is 0.389. The highest BCUT2D eigenvalue weighted by Gasteiger charge is 2.32. The van der Waals surface area contributed by atoms with E-state index in [4.69, 9.17) is 11.6 Å². The minimum Gasteiger partial charge on any atom is -0.351 e. The van der Waals surface area contributed by atoms with Gasteiger partial charge in [0.1, 0.15) is 0 Å². The molecule has 0 aliphatic carbocycles. The van der Waals surface area contributed by atoms with Gasteiger partial charge in [0.05, 0.1) is 11.4 Å². The number of amides is 1. The van der Waals surface area contributed by atoms with Gasteiger partial charge in [0.15, 0.2) is 0 Å². The maximum absolute atomic E-state index is 12.9. The van der Waals surface area contributed by atoms with Crippen LogP contribution in [-0.2, 0) is 21.4 Å². The van der Waals surface area contributed by atoms with Crippen LogP contribution in [0.2, 0.25) is 5.02 Å². The Bertz CT molecular complexity index is 874. The number of benzene rings is 1. The number of halogens is 1. The minimum atomic E-state index is -3.59. The summed E-state index contributed by atoms with van der Waals surface area (Å²) in [7, 11) is -3.59. The summed E-state index contributed by atoms with van der Waals surface area (Å²) in [5.74, 6) is -0.156. The average Bonchev–Trinajstić information content (AvgIpc) is 3.15. The third-order valence-corrected chi connectivity index (χ3v) is 7.76. The number of nitrogens with one attached hydrogen (secondary N) is 1. The number of piperidine rings is 1. The van der Waals surface area contributed by atoms with E-state index in [1.165, 1.54) is 10.4 Å². The predicted octanol–water partition coefficient (Wildman–Crippen LogP) is 3.43. The molecule has 1 aliphatic heterocycles. The van der Waals surface area contributed by atoms with Crippen molar-refractivity contribution in [2.45, 2.75) is 31.2 Å². The van der Waals surface area contributed by atoms with E-state index in [0.29, 0.717) is 43.1 Å². The number of carbonyl (C=O) groups is 1. The van der Waals surface area contributed by atoms with E-state index in [0.717, 1.165) is 4.88 Å². The van der Waals surface area contributed by atoms with Gasteiger partial charge in [-0.2, -0.15) is 4.31 Å². The first kappa shape index (κ1) is 19.4. The second-order valence-electron chi connectivity index (χ2n) is 6.39. The summed E-state index contributed by atoms with van der Waals surface area (Å²) < 4.78 is 27.2. The summed E-state index contributed by atoms with van der Waals surface area (Å²) in [4.78, 5) is 13.7. The van der Waals surface area contributed by atoms with Crippen molar-refractivity contribution in [2.24, 2.45) is 5.92 Å². The van der Waals surface area contributed by atoms with Crippen LogP contribution in [-0.4, -0.2) is 31.7 Å². The molecule has 5 nitrogen and oxygen atoms in total. The predicted molar refractivity (Wildman–Crippen MR) is 104 cm³/mol. The van der Waals surface area contributed by atoms with Crippen LogP contribution in [0.25, 0.3) is 0 Å². The summed E-state index contributed by atoms with van der Waals surface area (Å²) in [6, 6.07) is 8.81. The van der Waals surface area contributed by atoms with E-state index in [1.807, 2.05) is 17.5 Å². The minimum absolute atomic E-state index is 0.00520. The Morgan fingerprint density at radius 2 is 2.04 bits per heavy atom. The molecule has 2 aromatic rings. The first-order valence-corrected chi connectivity index (χ1v) is 11.1. The van der Waals surface area contributed by atoms with Crippen LogP contribution in [0.1, 0.15) is 23.3 Å². The second-order valence-corrected chi connectivity index (χ2v) is 9.76. The lowest BCUT2D eigenvalue weighted by Gasteiger charge is -2.31. The van der Waals surface area contributed by atoms with Gasteiger partial charge < -0.3 is 5.32 Å². The van der Waals surface area contributed by atoms with Crippen molar-refractivity contribution in [1.29, 1.82) is 0 Å². The molecule has 0 bridgehead atoms. The van der Waals surface area contributed by atoms with E-state index < -0.39 is 10.0 Å². The molecule has 8 heteroatoms. The summed E-state index contributed by atoms with van der Waals surface area (Å²) in [6.07, 6.45) is 1.05. The fourth-order valence-corrected chi connectivity index (χ4v) is 5.68. The Morgan fingerprint density at radius 1 is 1.31 bits per heavy atom. The first-order valence-electron chi connectivity index (χ1n) is 8.44. The van der Waals surface area contributed by atoms with Crippen molar-refractivity contribution in [3.63, 3.8) is 0 Å². The molecule has 0 atom stereocenters. The summed E-state index contributed by atoms with van der Waals surface area (Å²) in [5.41, 5.74) is 0.671. The van der Waals surface area contributed by atoms with Crippen LogP contribution < -0.4 is 5.32 Å². The number of aryl methyl sites for hydroxylation is 1. The smallest absolute Gasteiger partial charge is 0.243 e. The normalized spacial score (nSPS) is 16.5. The van der Waals surface area contributed by atoms with Crippen molar-refractivity contribution in [2.75, 3.05) is 13.1 Å². The van der Waals surface area contributed by atoms with Crippen LogP contribution >= 0.6 is 22.9 Å². The monoisotopic (exact) mass is 412 g/mol. The van der Waals surface area contributed by atoms with Crippen molar-refractivity contribution < 1.29 is 13.2 Å². The zero-order chi connectivity index (χ0) is 18.7. The maximum Gasteiger partial charge on any atom is 0.243 e. The Balaban J connectivity index is 1.60. The number of hydrogen-bond donors (Lipinski definition) is 1. The molecule has 1 aromatic carbocycles. The Labute approximate surface area is 163 Å². The largest absolute Gasteiger partial charge is 0.351 e. The van der Waals surface area contributed by atoms with Gasteiger partial charge in [-0.1, -0.05) is 23.7 Å². The Hall–Kier alpha value is -1.41. The van der Waals surface area contributed by atoms with Gasteiger partial charge in [0.25, 0.3) is 0 Å². The van der Waals surface area contributed by atoms with Crippen molar-refractivity contribution in [3.05, 3.63) is 51.2 Å². The highest BCUT2D eigenvalue weighted by Crippen LogP contribution is 2.27. The lowest BCUT2D eigenvalue weighted by Crippen LogP contribution is -2.43. The van der Waals surface area contributed by atoms with Crippen molar-refractivity contribution in [1.82, 2.24) is 9.62 Å². The van der Waals surface area contributed by atoms with Gasteiger partial charge in [0, 0.05) is 28.9 Å². The number of hydrogen-bond acceptors (Lipinski definition) is 4. The van der Waals surface area contributed by atoms with Gasteiger partial charge in [-0.3, -0.25) is 4.79 Å². The van der Waals surface area contributed by atoms with E-state index in [1.54, 1.807) is 30.4 Å². The number of carbonyl (C=O) groups excluding carboxylic acids is 1. The standard InChI is InChI=1S/C18H21ClN2O3S2/c1-13-4-5-15(19)11-17(13)26(23,24)21-8-6-14(7-9-21)18(22)20-12-16-3-2-10-25-16/h2-5,10-11,14H,6-9,12H2,1H3,(H,20,22). The molecule has 1 saturated heterocycles. The summed E-state index contributed by atoms with van der Waals surface area (Å²) in [6.45, 7) is 2.96. The molecule has 1 amide bonds. The lowest BCUT2D eigenvalue weighted by atomic mass is 9.97. The molecule has 0 unspecified atom stereocenters.